The molecule has 0 unspecified atom stereocenters. The summed E-state index contributed by atoms with van der Waals surface area (Å²) in [6.07, 6.45) is 0. The molecule has 1 aliphatic heterocycles. The molecular formula is C14H19BrN2O2. The molecule has 2 rings (SSSR count). The van der Waals surface area contributed by atoms with Crippen LogP contribution in [0.15, 0.2) is 22.7 Å². The maximum atomic E-state index is 11.4. The molecule has 1 aromatic carbocycles. The Morgan fingerprint density at radius 3 is 2.53 bits per heavy atom. The van der Waals surface area contributed by atoms with E-state index in [1.807, 2.05) is 18.2 Å². The number of aliphatic hydroxyl groups is 1. The third-order valence-corrected chi connectivity index (χ3v) is 4.14. The van der Waals surface area contributed by atoms with Crippen LogP contribution in [0.5, 0.6) is 0 Å². The van der Waals surface area contributed by atoms with Crippen LogP contribution in [0.1, 0.15) is 17.3 Å². The van der Waals surface area contributed by atoms with Crippen molar-refractivity contribution in [2.24, 2.45) is 0 Å². The molecule has 1 saturated heterocycles. The zero-order valence-electron chi connectivity index (χ0n) is 11.1. The average Bonchev–Trinajstić information content (AvgIpc) is 2.39. The molecule has 0 amide bonds. The molecule has 0 bridgehead atoms. The van der Waals surface area contributed by atoms with Gasteiger partial charge in [-0.1, -0.05) is 0 Å². The van der Waals surface area contributed by atoms with E-state index in [9.17, 15) is 4.79 Å². The molecule has 5 heteroatoms. The zero-order valence-corrected chi connectivity index (χ0v) is 12.7. The highest BCUT2D eigenvalue weighted by atomic mass is 79.9. The third-order valence-electron chi connectivity index (χ3n) is 3.49. The zero-order chi connectivity index (χ0) is 13.8. The Kier molecular flexibility index (Phi) is 4.96. The van der Waals surface area contributed by atoms with Gasteiger partial charge in [0.1, 0.15) is 0 Å². The van der Waals surface area contributed by atoms with Crippen molar-refractivity contribution in [2.75, 3.05) is 44.2 Å². The van der Waals surface area contributed by atoms with E-state index in [2.05, 4.69) is 25.7 Å². The molecule has 1 N–H and O–H groups in total. The summed E-state index contributed by atoms with van der Waals surface area (Å²) in [7, 11) is 0. The van der Waals surface area contributed by atoms with Gasteiger partial charge in [0.2, 0.25) is 0 Å². The molecule has 4 nitrogen and oxygen atoms in total. The molecule has 0 spiro atoms. The Balaban J connectivity index is 2.04. The van der Waals surface area contributed by atoms with Gasteiger partial charge in [0.05, 0.1) is 6.61 Å². The highest BCUT2D eigenvalue weighted by Crippen LogP contribution is 2.25. The van der Waals surface area contributed by atoms with Gasteiger partial charge >= 0.3 is 0 Å². The van der Waals surface area contributed by atoms with Crippen molar-refractivity contribution >= 4 is 27.4 Å². The van der Waals surface area contributed by atoms with E-state index in [1.165, 1.54) is 0 Å². The van der Waals surface area contributed by atoms with Crippen LogP contribution in [0.3, 0.4) is 0 Å². The first kappa shape index (κ1) is 14.5. The van der Waals surface area contributed by atoms with Gasteiger partial charge in [-0.25, -0.2) is 0 Å². The largest absolute Gasteiger partial charge is 0.395 e. The van der Waals surface area contributed by atoms with Crippen LogP contribution in [-0.2, 0) is 0 Å². The highest BCUT2D eigenvalue weighted by Gasteiger charge is 2.17. The van der Waals surface area contributed by atoms with Gasteiger partial charge in [-0.3, -0.25) is 9.69 Å². The molecule has 104 valence electrons. The molecule has 1 aliphatic rings. The molecule has 0 atom stereocenters. The van der Waals surface area contributed by atoms with Crippen LogP contribution >= 0.6 is 15.9 Å². The summed E-state index contributed by atoms with van der Waals surface area (Å²) in [5, 5.41) is 8.93. The number of halogens is 1. The second-order valence-corrected chi connectivity index (χ2v) is 5.63. The average molecular weight is 327 g/mol. The molecule has 0 saturated carbocycles. The fourth-order valence-corrected chi connectivity index (χ4v) is 3.00. The molecule has 1 aromatic rings. The van der Waals surface area contributed by atoms with Crippen LogP contribution in [0.4, 0.5) is 5.69 Å². The smallest absolute Gasteiger partial charge is 0.160 e. The van der Waals surface area contributed by atoms with Crippen molar-refractivity contribution in [1.29, 1.82) is 0 Å². The van der Waals surface area contributed by atoms with E-state index < -0.39 is 0 Å². The predicted molar refractivity (Wildman–Crippen MR) is 79.9 cm³/mol. The number of piperazine rings is 1. The lowest BCUT2D eigenvalue weighted by Gasteiger charge is -2.36. The van der Waals surface area contributed by atoms with Crippen molar-refractivity contribution in [3.63, 3.8) is 0 Å². The lowest BCUT2D eigenvalue weighted by Crippen LogP contribution is -2.47. The molecule has 1 fully saturated rings. The number of rotatable bonds is 4. The van der Waals surface area contributed by atoms with E-state index in [4.69, 9.17) is 5.11 Å². The fourth-order valence-electron chi connectivity index (χ4n) is 2.36. The lowest BCUT2D eigenvalue weighted by molar-refractivity contribution is 0.101. The van der Waals surface area contributed by atoms with E-state index in [0.29, 0.717) is 0 Å². The summed E-state index contributed by atoms with van der Waals surface area (Å²) >= 11 is 3.46. The minimum Gasteiger partial charge on any atom is -0.395 e. The first-order valence-electron chi connectivity index (χ1n) is 6.50. The van der Waals surface area contributed by atoms with Crippen molar-refractivity contribution < 1.29 is 9.90 Å². The number of hydrogen-bond acceptors (Lipinski definition) is 4. The summed E-state index contributed by atoms with van der Waals surface area (Å²) in [5.41, 5.74) is 1.86. The maximum absolute atomic E-state index is 11.4. The lowest BCUT2D eigenvalue weighted by atomic mass is 10.1. The minimum atomic E-state index is 0.0752. The number of anilines is 1. The highest BCUT2D eigenvalue weighted by molar-refractivity contribution is 9.10. The minimum absolute atomic E-state index is 0.0752. The normalized spacial score (nSPS) is 16.7. The van der Waals surface area contributed by atoms with Gasteiger partial charge in [0, 0.05) is 48.4 Å². The van der Waals surface area contributed by atoms with Gasteiger partial charge in [0.25, 0.3) is 0 Å². The number of ketones is 1. The van der Waals surface area contributed by atoms with Crippen LogP contribution in [0.2, 0.25) is 0 Å². The first-order valence-corrected chi connectivity index (χ1v) is 7.30. The second kappa shape index (κ2) is 6.50. The maximum Gasteiger partial charge on any atom is 0.160 e. The monoisotopic (exact) mass is 326 g/mol. The summed E-state index contributed by atoms with van der Waals surface area (Å²) in [6, 6.07) is 5.89. The number of aliphatic hydroxyl groups excluding tert-OH is 1. The van der Waals surface area contributed by atoms with E-state index in [-0.39, 0.29) is 12.4 Å². The quantitative estimate of drug-likeness (QED) is 0.856. The Morgan fingerprint density at radius 2 is 2.00 bits per heavy atom. The molecular weight excluding hydrogens is 308 g/mol. The van der Waals surface area contributed by atoms with Crippen molar-refractivity contribution in [2.45, 2.75) is 6.92 Å². The topological polar surface area (TPSA) is 43.8 Å². The van der Waals surface area contributed by atoms with Gasteiger partial charge in [-0.15, -0.1) is 0 Å². The molecule has 1 heterocycles. The van der Waals surface area contributed by atoms with Crippen molar-refractivity contribution in [1.82, 2.24) is 4.90 Å². The summed E-state index contributed by atoms with van der Waals surface area (Å²) in [6.45, 7) is 6.38. The summed E-state index contributed by atoms with van der Waals surface area (Å²) in [4.78, 5) is 16.0. The van der Waals surface area contributed by atoms with Gasteiger partial charge in [0.15, 0.2) is 5.78 Å². The number of hydrogen-bond donors (Lipinski definition) is 1. The summed E-state index contributed by atoms with van der Waals surface area (Å²) in [5.74, 6) is 0.0752. The van der Waals surface area contributed by atoms with Crippen LogP contribution in [0, 0.1) is 0 Å². The number of nitrogens with zero attached hydrogens (tertiary/aromatic N) is 2. The fraction of sp³-hybridized carbons (Fsp3) is 0.500. The van der Waals surface area contributed by atoms with Crippen LogP contribution in [0.25, 0.3) is 0 Å². The SMILES string of the molecule is CC(=O)c1ccc(N2CCN(CCO)CC2)cc1Br. The molecule has 19 heavy (non-hydrogen) atoms. The van der Waals surface area contributed by atoms with E-state index in [1.54, 1.807) is 6.92 Å². The number of carbonyl (C=O) groups is 1. The van der Waals surface area contributed by atoms with Gasteiger partial charge in [-0.05, 0) is 41.1 Å². The van der Waals surface area contributed by atoms with Crippen molar-refractivity contribution in [3.05, 3.63) is 28.2 Å². The Morgan fingerprint density at radius 1 is 1.32 bits per heavy atom. The molecule has 0 aliphatic carbocycles. The van der Waals surface area contributed by atoms with E-state index >= 15 is 0 Å². The summed E-state index contributed by atoms with van der Waals surface area (Å²) < 4.78 is 0.857. The Labute approximate surface area is 122 Å². The standard InChI is InChI=1S/C14H19BrN2O2/c1-11(19)13-3-2-12(10-14(13)15)17-6-4-16(5-7-17)8-9-18/h2-3,10,18H,4-9H2,1H3. The van der Waals surface area contributed by atoms with Gasteiger partial charge < -0.3 is 10.0 Å². The van der Waals surface area contributed by atoms with Crippen LogP contribution < -0.4 is 4.90 Å². The molecule has 0 aromatic heterocycles. The van der Waals surface area contributed by atoms with E-state index in [0.717, 1.165) is 48.4 Å². The number of carbonyl (C=O) groups excluding carboxylic acids is 1. The predicted octanol–water partition coefficient (Wildman–Crippen LogP) is 1.77. The second-order valence-electron chi connectivity index (χ2n) is 4.77. The number of Topliss-reactive ketones (excluding diaryl/α,β-unsaturated/α-hetero) is 1. The van der Waals surface area contributed by atoms with Gasteiger partial charge in [-0.2, -0.15) is 0 Å². The Bertz CT molecular complexity index is 457. The first-order chi connectivity index (χ1) is 9.11. The Hall–Kier alpha value is -0.910. The van der Waals surface area contributed by atoms with Crippen molar-refractivity contribution in [3.8, 4) is 0 Å². The number of β-amino-alcohol motifs (C(OH)–C–C–N with tert-alkyl or cyclic N) is 1. The van der Waals surface area contributed by atoms with Crippen LogP contribution in [-0.4, -0.2) is 55.1 Å². The third kappa shape index (κ3) is 3.55. The molecule has 0 radical (unpaired) electrons. The number of benzene rings is 1.